The molecule has 0 amide bonds. The molecule has 0 bridgehead atoms. The molecule has 7 nitrogen and oxygen atoms in total. The molecule has 2 rings (SSSR count). The SMILES string of the molecule is CCn1ccnc(NCC2(C(=O)O)CCOCC2)c1=O. The van der Waals surface area contributed by atoms with Crippen LogP contribution in [0.3, 0.4) is 0 Å². The molecule has 1 fully saturated rings. The zero-order chi connectivity index (χ0) is 14.6. The van der Waals surface area contributed by atoms with E-state index in [-0.39, 0.29) is 17.9 Å². The number of aliphatic carboxylic acids is 1. The molecule has 0 radical (unpaired) electrons. The highest BCUT2D eigenvalue weighted by molar-refractivity contribution is 5.75. The van der Waals surface area contributed by atoms with Crippen molar-refractivity contribution in [1.29, 1.82) is 0 Å². The van der Waals surface area contributed by atoms with Crippen LogP contribution in [0.25, 0.3) is 0 Å². The van der Waals surface area contributed by atoms with Crippen molar-refractivity contribution in [2.45, 2.75) is 26.3 Å². The number of anilines is 1. The van der Waals surface area contributed by atoms with Gasteiger partial charge in [-0.2, -0.15) is 0 Å². The van der Waals surface area contributed by atoms with Gasteiger partial charge in [0.1, 0.15) is 0 Å². The molecule has 1 aliphatic heterocycles. The topological polar surface area (TPSA) is 93.5 Å². The molecule has 0 aromatic carbocycles. The fraction of sp³-hybridized carbons (Fsp3) is 0.615. The van der Waals surface area contributed by atoms with E-state index in [1.54, 1.807) is 6.20 Å². The van der Waals surface area contributed by atoms with Crippen molar-refractivity contribution in [3.63, 3.8) is 0 Å². The third kappa shape index (κ3) is 2.82. The second-order valence-corrected chi connectivity index (χ2v) is 4.92. The molecule has 0 spiro atoms. The molecule has 2 N–H and O–H groups in total. The van der Waals surface area contributed by atoms with Crippen LogP contribution in [0.5, 0.6) is 0 Å². The lowest BCUT2D eigenvalue weighted by atomic mass is 9.80. The Kier molecular flexibility index (Phi) is 4.39. The fourth-order valence-electron chi connectivity index (χ4n) is 2.30. The number of carboxylic acid groups (broad SMARTS) is 1. The molecule has 1 saturated heterocycles. The van der Waals surface area contributed by atoms with E-state index in [0.29, 0.717) is 32.6 Å². The predicted octanol–water partition coefficient (Wildman–Crippen LogP) is 0.556. The van der Waals surface area contributed by atoms with Gasteiger partial charge in [-0.15, -0.1) is 0 Å². The van der Waals surface area contributed by atoms with Crippen molar-refractivity contribution in [1.82, 2.24) is 9.55 Å². The van der Waals surface area contributed by atoms with Gasteiger partial charge in [0.25, 0.3) is 5.56 Å². The molecule has 0 aliphatic carbocycles. The molecule has 0 saturated carbocycles. The number of carbonyl (C=O) groups is 1. The Bertz CT molecular complexity index is 535. The average molecular weight is 281 g/mol. The maximum atomic E-state index is 12.0. The maximum Gasteiger partial charge on any atom is 0.311 e. The second-order valence-electron chi connectivity index (χ2n) is 4.92. The highest BCUT2D eigenvalue weighted by atomic mass is 16.5. The van der Waals surface area contributed by atoms with E-state index in [1.807, 2.05) is 6.92 Å². The lowest BCUT2D eigenvalue weighted by Gasteiger charge is -2.33. The van der Waals surface area contributed by atoms with Gasteiger partial charge < -0.3 is 19.7 Å². The number of rotatable bonds is 5. The van der Waals surface area contributed by atoms with E-state index >= 15 is 0 Å². The quantitative estimate of drug-likeness (QED) is 0.819. The van der Waals surface area contributed by atoms with Crippen LogP contribution in [-0.4, -0.2) is 40.4 Å². The van der Waals surface area contributed by atoms with Crippen LogP contribution in [0, 0.1) is 5.41 Å². The van der Waals surface area contributed by atoms with Gasteiger partial charge in [-0.05, 0) is 19.8 Å². The van der Waals surface area contributed by atoms with Crippen LogP contribution in [0.2, 0.25) is 0 Å². The van der Waals surface area contributed by atoms with Crippen LogP contribution < -0.4 is 10.9 Å². The first-order chi connectivity index (χ1) is 9.59. The summed E-state index contributed by atoms with van der Waals surface area (Å²) in [6.45, 7) is 3.45. The van der Waals surface area contributed by atoms with Crippen LogP contribution in [0.1, 0.15) is 19.8 Å². The maximum absolute atomic E-state index is 12.0. The second kappa shape index (κ2) is 6.04. The summed E-state index contributed by atoms with van der Waals surface area (Å²) in [5.74, 6) is -0.665. The summed E-state index contributed by atoms with van der Waals surface area (Å²) in [4.78, 5) is 27.5. The Morgan fingerprint density at radius 3 is 2.85 bits per heavy atom. The number of hydrogen-bond acceptors (Lipinski definition) is 5. The molecule has 20 heavy (non-hydrogen) atoms. The van der Waals surface area contributed by atoms with Gasteiger partial charge in [0.05, 0.1) is 5.41 Å². The molecule has 0 unspecified atom stereocenters. The van der Waals surface area contributed by atoms with E-state index in [0.717, 1.165) is 0 Å². The highest BCUT2D eigenvalue weighted by Gasteiger charge is 2.40. The van der Waals surface area contributed by atoms with Gasteiger partial charge in [0.2, 0.25) is 0 Å². The number of carboxylic acids is 1. The first-order valence-corrected chi connectivity index (χ1v) is 6.69. The van der Waals surface area contributed by atoms with Crippen molar-refractivity contribution in [2.75, 3.05) is 25.1 Å². The highest BCUT2D eigenvalue weighted by Crippen LogP contribution is 2.30. The van der Waals surface area contributed by atoms with Gasteiger partial charge in [0, 0.05) is 38.7 Å². The molecule has 2 heterocycles. The minimum atomic E-state index is -0.890. The third-order valence-corrected chi connectivity index (χ3v) is 3.75. The minimum absolute atomic E-state index is 0.182. The zero-order valence-electron chi connectivity index (χ0n) is 11.5. The predicted molar refractivity (Wildman–Crippen MR) is 72.8 cm³/mol. The molecule has 110 valence electrons. The number of ether oxygens (including phenoxy) is 1. The largest absolute Gasteiger partial charge is 0.481 e. The van der Waals surface area contributed by atoms with Crippen molar-refractivity contribution in [2.24, 2.45) is 5.41 Å². The van der Waals surface area contributed by atoms with Gasteiger partial charge in [-0.25, -0.2) is 4.98 Å². The summed E-state index contributed by atoms with van der Waals surface area (Å²) < 4.78 is 6.74. The van der Waals surface area contributed by atoms with Crippen molar-refractivity contribution in [3.8, 4) is 0 Å². The number of hydrogen-bond donors (Lipinski definition) is 2. The molecular formula is C13H19N3O4. The van der Waals surface area contributed by atoms with Gasteiger partial charge in [-0.1, -0.05) is 0 Å². The molecule has 0 atom stereocenters. The number of aryl methyl sites for hydroxylation is 1. The Hall–Kier alpha value is -1.89. The molecular weight excluding hydrogens is 262 g/mol. The summed E-state index contributed by atoms with van der Waals surface area (Å²) >= 11 is 0. The summed E-state index contributed by atoms with van der Waals surface area (Å²) in [6.07, 6.45) is 4.01. The average Bonchev–Trinajstić information content (AvgIpc) is 2.47. The fourth-order valence-corrected chi connectivity index (χ4v) is 2.30. The number of aromatic nitrogens is 2. The Labute approximate surface area is 116 Å². The number of nitrogens with zero attached hydrogens (tertiary/aromatic N) is 2. The monoisotopic (exact) mass is 281 g/mol. The van der Waals surface area contributed by atoms with E-state index in [9.17, 15) is 14.7 Å². The van der Waals surface area contributed by atoms with E-state index in [2.05, 4.69) is 10.3 Å². The summed E-state index contributed by atoms with van der Waals surface area (Å²) in [5, 5.41) is 12.3. The Morgan fingerprint density at radius 1 is 1.55 bits per heavy atom. The number of nitrogens with one attached hydrogen (secondary N) is 1. The zero-order valence-corrected chi connectivity index (χ0v) is 11.5. The van der Waals surface area contributed by atoms with Gasteiger partial charge >= 0.3 is 5.97 Å². The van der Waals surface area contributed by atoms with E-state index in [1.165, 1.54) is 10.8 Å². The van der Waals surface area contributed by atoms with Crippen LogP contribution in [0.15, 0.2) is 17.2 Å². The van der Waals surface area contributed by atoms with E-state index in [4.69, 9.17) is 4.74 Å². The molecule has 1 aliphatic rings. The normalized spacial score (nSPS) is 17.6. The van der Waals surface area contributed by atoms with Crippen LogP contribution in [-0.2, 0) is 16.1 Å². The minimum Gasteiger partial charge on any atom is -0.481 e. The summed E-state index contributed by atoms with van der Waals surface area (Å²) in [6, 6.07) is 0. The lowest BCUT2D eigenvalue weighted by Crippen LogP contribution is -2.43. The van der Waals surface area contributed by atoms with Crippen LogP contribution in [0.4, 0.5) is 5.82 Å². The van der Waals surface area contributed by atoms with Gasteiger partial charge in [-0.3, -0.25) is 9.59 Å². The smallest absolute Gasteiger partial charge is 0.311 e. The lowest BCUT2D eigenvalue weighted by molar-refractivity contribution is -0.153. The van der Waals surface area contributed by atoms with Crippen molar-refractivity contribution >= 4 is 11.8 Å². The summed E-state index contributed by atoms with van der Waals surface area (Å²) in [5.41, 5.74) is -1.12. The molecule has 7 heteroatoms. The Morgan fingerprint density at radius 2 is 2.25 bits per heavy atom. The van der Waals surface area contributed by atoms with Crippen molar-refractivity contribution < 1.29 is 14.6 Å². The first kappa shape index (κ1) is 14.5. The van der Waals surface area contributed by atoms with Crippen molar-refractivity contribution in [3.05, 3.63) is 22.7 Å². The van der Waals surface area contributed by atoms with Crippen LogP contribution >= 0.6 is 0 Å². The van der Waals surface area contributed by atoms with Gasteiger partial charge in [0.15, 0.2) is 5.82 Å². The first-order valence-electron chi connectivity index (χ1n) is 6.69. The van der Waals surface area contributed by atoms with E-state index < -0.39 is 11.4 Å². The summed E-state index contributed by atoms with van der Waals surface area (Å²) in [7, 11) is 0. The Balaban J connectivity index is 2.14. The standard InChI is InChI=1S/C13H19N3O4/c1-2-16-6-5-14-10(11(16)17)15-9-13(12(18)19)3-7-20-8-4-13/h5-6H,2-4,7-9H2,1H3,(H,14,15)(H,18,19). The molecule has 1 aromatic rings. The third-order valence-electron chi connectivity index (χ3n) is 3.75. The molecule has 1 aromatic heterocycles.